The Morgan fingerprint density at radius 2 is 1.57 bits per heavy atom. The van der Waals surface area contributed by atoms with Crippen LogP contribution in [0.2, 0.25) is 0 Å². The van der Waals surface area contributed by atoms with Crippen LogP contribution in [0.4, 0.5) is 0 Å². The maximum Gasteiger partial charge on any atom is 0.149 e. The molecule has 0 unspecified atom stereocenters. The summed E-state index contributed by atoms with van der Waals surface area (Å²) in [6.45, 7) is 6.04. The second kappa shape index (κ2) is 6.99. The fraction of sp³-hybridized carbons (Fsp3) is 0.917. The lowest BCUT2D eigenvalue weighted by Crippen LogP contribution is -2.49. The fourth-order valence-corrected chi connectivity index (χ4v) is 1.86. The highest BCUT2D eigenvalue weighted by molar-refractivity contribution is 5.86. The van der Waals surface area contributed by atoms with Crippen LogP contribution in [0.25, 0.3) is 0 Å². The van der Waals surface area contributed by atoms with Gasteiger partial charge in [0, 0.05) is 0 Å². The van der Waals surface area contributed by atoms with E-state index in [1.165, 1.54) is 0 Å². The minimum absolute atomic E-state index is 0.244. The van der Waals surface area contributed by atoms with E-state index in [9.17, 15) is 4.79 Å². The lowest BCUT2D eigenvalue weighted by molar-refractivity contribution is -0.123. The summed E-state index contributed by atoms with van der Waals surface area (Å²) in [6.07, 6.45) is 6.53. The first-order valence-corrected chi connectivity index (χ1v) is 5.83. The van der Waals surface area contributed by atoms with Crippen LogP contribution in [0, 0.1) is 0 Å². The predicted octanol–water partition coefficient (Wildman–Crippen LogP) is 2.91. The van der Waals surface area contributed by atoms with E-state index in [0.717, 1.165) is 38.5 Å². The fourth-order valence-electron chi connectivity index (χ4n) is 1.86. The molecule has 0 radical (unpaired) electrons. The number of unbranched alkanes of at least 4 members (excludes halogenated alkanes) is 2. The lowest BCUT2D eigenvalue weighted by atomic mass is 9.84. The van der Waals surface area contributed by atoms with Crippen molar-refractivity contribution in [2.45, 2.75) is 64.8 Å². The van der Waals surface area contributed by atoms with E-state index in [-0.39, 0.29) is 5.54 Å². The van der Waals surface area contributed by atoms with Crippen LogP contribution in [-0.4, -0.2) is 18.4 Å². The molecule has 0 aliphatic heterocycles. The van der Waals surface area contributed by atoms with Gasteiger partial charge in [0.2, 0.25) is 0 Å². The molecule has 0 bridgehead atoms. The van der Waals surface area contributed by atoms with Gasteiger partial charge in [-0.25, -0.2) is 0 Å². The zero-order valence-corrected chi connectivity index (χ0v) is 10.2. The summed E-state index contributed by atoms with van der Waals surface area (Å²) in [5.74, 6) is 0.293. The second-order valence-corrected chi connectivity index (χ2v) is 4.10. The molecule has 0 rings (SSSR count). The lowest BCUT2D eigenvalue weighted by Gasteiger charge is -2.31. The number of hydrogen-bond acceptors (Lipinski definition) is 2. The van der Waals surface area contributed by atoms with Crippen LogP contribution in [0.3, 0.4) is 0 Å². The van der Waals surface area contributed by atoms with Gasteiger partial charge in [-0.05, 0) is 26.8 Å². The Labute approximate surface area is 88.5 Å². The Morgan fingerprint density at radius 3 is 1.79 bits per heavy atom. The number of carbonyl (C=O) groups is 1. The molecular weight excluding hydrogens is 174 g/mol. The van der Waals surface area contributed by atoms with Crippen molar-refractivity contribution in [3.8, 4) is 0 Å². The van der Waals surface area contributed by atoms with Crippen molar-refractivity contribution >= 4 is 5.78 Å². The van der Waals surface area contributed by atoms with Gasteiger partial charge in [0.25, 0.3) is 0 Å². The molecule has 0 aliphatic rings. The van der Waals surface area contributed by atoms with Crippen LogP contribution in [0.15, 0.2) is 0 Å². The molecule has 0 aromatic carbocycles. The van der Waals surface area contributed by atoms with Crippen LogP contribution < -0.4 is 5.32 Å². The number of nitrogens with one attached hydrogen (secondary N) is 1. The molecule has 84 valence electrons. The molecule has 0 amide bonds. The third-order valence-corrected chi connectivity index (χ3v) is 3.07. The van der Waals surface area contributed by atoms with E-state index in [4.69, 9.17) is 0 Å². The highest BCUT2D eigenvalue weighted by atomic mass is 16.1. The van der Waals surface area contributed by atoms with Gasteiger partial charge >= 0.3 is 0 Å². The summed E-state index contributed by atoms with van der Waals surface area (Å²) in [4.78, 5) is 11.6. The van der Waals surface area contributed by atoms with E-state index in [2.05, 4.69) is 19.2 Å². The SMILES string of the molecule is CCCCC(CCCC)(NC)C(C)=O. The first-order valence-electron chi connectivity index (χ1n) is 5.83. The van der Waals surface area contributed by atoms with Gasteiger partial charge in [-0.2, -0.15) is 0 Å². The van der Waals surface area contributed by atoms with Crippen molar-refractivity contribution in [3.05, 3.63) is 0 Å². The molecule has 0 spiro atoms. The summed E-state index contributed by atoms with van der Waals surface area (Å²) < 4.78 is 0. The van der Waals surface area contributed by atoms with E-state index in [1.807, 2.05) is 7.05 Å². The topological polar surface area (TPSA) is 29.1 Å². The van der Waals surface area contributed by atoms with Gasteiger partial charge in [-0.3, -0.25) is 4.79 Å². The maximum atomic E-state index is 11.6. The van der Waals surface area contributed by atoms with Gasteiger partial charge in [-0.15, -0.1) is 0 Å². The number of ketones is 1. The first kappa shape index (κ1) is 13.6. The van der Waals surface area contributed by atoms with Crippen molar-refractivity contribution in [2.24, 2.45) is 0 Å². The average molecular weight is 199 g/mol. The smallest absolute Gasteiger partial charge is 0.149 e. The Kier molecular flexibility index (Phi) is 6.81. The number of Topliss-reactive ketones (excluding diaryl/α,β-unsaturated/α-hetero) is 1. The summed E-state index contributed by atoms with van der Waals surface area (Å²) in [5, 5.41) is 3.24. The molecule has 0 aromatic heterocycles. The van der Waals surface area contributed by atoms with Crippen LogP contribution in [-0.2, 0) is 4.79 Å². The van der Waals surface area contributed by atoms with Crippen molar-refractivity contribution in [2.75, 3.05) is 7.05 Å². The predicted molar refractivity (Wildman–Crippen MR) is 61.5 cm³/mol. The minimum Gasteiger partial charge on any atom is -0.308 e. The molecule has 0 aliphatic carbocycles. The summed E-state index contributed by atoms with van der Waals surface area (Å²) >= 11 is 0. The van der Waals surface area contributed by atoms with Crippen LogP contribution >= 0.6 is 0 Å². The van der Waals surface area contributed by atoms with Gasteiger partial charge < -0.3 is 5.32 Å². The Morgan fingerprint density at radius 1 is 1.14 bits per heavy atom. The molecule has 1 N–H and O–H groups in total. The van der Waals surface area contributed by atoms with E-state index < -0.39 is 0 Å². The highest BCUT2D eigenvalue weighted by Crippen LogP contribution is 2.22. The van der Waals surface area contributed by atoms with Crippen LogP contribution in [0.5, 0.6) is 0 Å². The third kappa shape index (κ3) is 3.79. The molecule has 2 nitrogen and oxygen atoms in total. The molecular formula is C12H25NO. The zero-order chi connectivity index (χ0) is 11.0. The monoisotopic (exact) mass is 199 g/mol. The Balaban J connectivity index is 4.35. The Bertz CT molecular complexity index is 158. The largest absolute Gasteiger partial charge is 0.308 e. The normalized spacial score (nSPS) is 11.7. The standard InChI is InChI=1S/C12H25NO/c1-5-7-9-12(13-4,11(3)14)10-8-6-2/h13H,5-10H2,1-4H3. The molecule has 0 fully saturated rings. The Hall–Kier alpha value is -0.370. The van der Waals surface area contributed by atoms with E-state index in [1.54, 1.807) is 6.92 Å². The molecule has 0 saturated carbocycles. The van der Waals surface area contributed by atoms with E-state index in [0.29, 0.717) is 5.78 Å². The summed E-state index contributed by atoms with van der Waals surface area (Å²) in [5.41, 5.74) is -0.244. The van der Waals surface area contributed by atoms with Gasteiger partial charge in [0.05, 0.1) is 5.54 Å². The van der Waals surface area contributed by atoms with Gasteiger partial charge in [0.1, 0.15) is 5.78 Å². The maximum absolute atomic E-state index is 11.6. The van der Waals surface area contributed by atoms with Crippen molar-refractivity contribution in [1.29, 1.82) is 0 Å². The van der Waals surface area contributed by atoms with Crippen molar-refractivity contribution < 1.29 is 4.79 Å². The van der Waals surface area contributed by atoms with Crippen molar-refractivity contribution in [3.63, 3.8) is 0 Å². The molecule has 0 heterocycles. The molecule has 0 saturated heterocycles. The number of carbonyl (C=O) groups excluding carboxylic acids is 1. The van der Waals surface area contributed by atoms with Gasteiger partial charge in [-0.1, -0.05) is 39.5 Å². The minimum atomic E-state index is -0.244. The number of hydrogen-bond donors (Lipinski definition) is 1. The average Bonchev–Trinajstić information content (AvgIpc) is 2.18. The molecule has 2 heteroatoms. The highest BCUT2D eigenvalue weighted by Gasteiger charge is 2.31. The van der Waals surface area contributed by atoms with E-state index >= 15 is 0 Å². The number of rotatable bonds is 8. The number of likely N-dealkylation sites (N-methyl/N-ethyl adjacent to an activating group) is 1. The summed E-state index contributed by atoms with van der Waals surface area (Å²) in [6, 6.07) is 0. The van der Waals surface area contributed by atoms with Crippen molar-refractivity contribution in [1.82, 2.24) is 5.32 Å². The van der Waals surface area contributed by atoms with Crippen LogP contribution in [0.1, 0.15) is 59.3 Å². The molecule has 0 atom stereocenters. The van der Waals surface area contributed by atoms with Gasteiger partial charge in [0.15, 0.2) is 0 Å². The zero-order valence-electron chi connectivity index (χ0n) is 10.2. The first-order chi connectivity index (χ1) is 6.63. The second-order valence-electron chi connectivity index (χ2n) is 4.10. The molecule has 0 aromatic rings. The molecule has 14 heavy (non-hydrogen) atoms. The summed E-state index contributed by atoms with van der Waals surface area (Å²) in [7, 11) is 1.91. The third-order valence-electron chi connectivity index (χ3n) is 3.07. The quantitative estimate of drug-likeness (QED) is 0.651.